The Labute approximate surface area is 190 Å². The first-order valence-corrected chi connectivity index (χ1v) is 12.0. The normalized spacial score (nSPS) is 11.2. The Balaban J connectivity index is 1.83. The molecule has 1 amide bonds. The number of amides is 1. The van der Waals surface area contributed by atoms with Crippen molar-refractivity contribution in [2.45, 2.75) is 18.4 Å². The van der Waals surface area contributed by atoms with Crippen molar-refractivity contribution in [2.75, 3.05) is 35.3 Å². The summed E-state index contributed by atoms with van der Waals surface area (Å²) in [6.07, 6.45) is 1.10. The summed E-state index contributed by atoms with van der Waals surface area (Å²) in [7, 11) is -3.35. The number of benzene rings is 2. The summed E-state index contributed by atoms with van der Waals surface area (Å²) < 4.78 is 24.4. The Morgan fingerprint density at radius 1 is 1.09 bits per heavy atom. The fourth-order valence-electron chi connectivity index (χ4n) is 3.31. The molecule has 0 spiro atoms. The molecule has 33 heavy (non-hydrogen) atoms. The predicted molar refractivity (Wildman–Crippen MR) is 127 cm³/mol. The highest BCUT2D eigenvalue weighted by molar-refractivity contribution is 7.90. The Morgan fingerprint density at radius 3 is 2.30 bits per heavy atom. The second kappa shape index (κ2) is 9.74. The quantitative estimate of drug-likeness (QED) is 0.445. The summed E-state index contributed by atoms with van der Waals surface area (Å²) in [5, 5.41) is 2.66. The number of sulfone groups is 1. The van der Waals surface area contributed by atoms with Crippen LogP contribution in [0.4, 0.5) is 17.2 Å². The predicted octanol–water partition coefficient (Wildman–Crippen LogP) is 1.04. The molecule has 4 N–H and O–H groups in total. The minimum atomic E-state index is -3.35. The number of nitrogen functional groups attached to an aromatic ring is 1. The van der Waals surface area contributed by atoms with Gasteiger partial charge in [-0.25, -0.2) is 13.2 Å². The maximum absolute atomic E-state index is 12.6. The van der Waals surface area contributed by atoms with Crippen LogP contribution in [0, 0.1) is 0 Å². The summed E-state index contributed by atoms with van der Waals surface area (Å²) in [4.78, 5) is 41.4. The first-order chi connectivity index (χ1) is 15.6. The third-order valence-electron chi connectivity index (χ3n) is 5.00. The number of nitrogens with one attached hydrogen (secondary N) is 2. The molecule has 2 aromatic carbocycles. The van der Waals surface area contributed by atoms with Gasteiger partial charge in [0.25, 0.3) is 5.56 Å². The first kappa shape index (κ1) is 23.8. The number of carbonyl (C=O) groups excluding carboxylic acids is 1. The number of aromatic amines is 1. The van der Waals surface area contributed by atoms with Crippen molar-refractivity contribution in [2.24, 2.45) is 0 Å². The van der Waals surface area contributed by atoms with Crippen molar-refractivity contribution in [3.8, 4) is 0 Å². The van der Waals surface area contributed by atoms with E-state index in [0.717, 1.165) is 11.8 Å². The van der Waals surface area contributed by atoms with E-state index < -0.39 is 27.0 Å². The van der Waals surface area contributed by atoms with Crippen molar-refractivity contribution >= 4 is 32.9 Å². The number of anilines is 3. The van der Waals surface area contributed by atoms with E-state index in [1.165, 1.54) is 33.7 Å². The number of likely N-dealkylation sites (N-methyl/N-ethyl adjacent to an activating group) is 1. The second-order valence-electron chi connectivity index (χ2n) is 7.42. The molecule has 0 saturated heterocycles. The van der Waals surface area contributed by atoms with E-state index in [0.29, 0.717) is 5.69 Å². The smallest absolute Gasteiger partial charge is 0.330 e. The zero-order valence-electron chi connectivity index (χ0n) is 18.2. The van der Waals surface area contributed by atoms with Gasteiger partial charge in [-0.2, -0.15) is 0 Å². The molecular formula is C22H25N5O5S. The molecule has 0 atom stereocenters. The molecule has 1 heterocycles. The van der Waals surface area contributed by atoms with Crippen molar-refractivity contribution in [3.05, 3.63) is 81.0 Å². The standard InChI is InChI=1S/C22H25N5O5S/c1-3-26(14-18(28)24-16-9-11-17(12-10-16)33(2,31)32)19-20(23)27(22(30)25-21(19)29)13-15-7-5-4-6-8-15/h4-12H,3,13-14,23H2,1-2H3,(H,24,28)(H,25,29,30). The van der Waals surface area contributed by atoms with Gasteiger partial charge in [0.2, 0.25) is 5.91 Å². The van der Waals surface area contributed by atoms with Gasteiger partial charge in [0, 0.05) is 18.5 Å². The summed E-state index contributed by atoms with van der Waals surface area (Å²) in [6, 6.07) is 14.9. The highest BCUT2D eigenvalue weighted by atomic mass is 32.2. The molecular weight excluding hydrogens is 446 g/mol. The van der Waals surface area contributed by atoms with Gasteiger partial charge in [-0.05, 0) is 36.8 Å². The van der Waals surface area contributed by atoms with E-state index in [1.54, 1.807) is 6.92 Å². The Morgan fingerprint density at radius 2 is 1.73 bits per heavy atom. The number of hydrogen-bond donors (Lipinski definition) is 3. The first-order valence-electron chi connectivity index (χ1n) is 10.1. The topological polar surface area (TPSA) is 147 Å². The van der Waals surface area contributed by atoms with Crippen LogP contribution in [0.5, 0.6) is 0 Å². The molecule has 0 radical (unpaired) electrons. The largest absolute Gasteiger partial charge is 0.383 e. The zero-order chi connectivity index (χ0) is 24.2. The lowest BCUT2D eigenvalue weighted by atomic mass is 10.2. The summed E-state index contributed by atoms with van der Waals surface area (Å²) in [5.41, 5.74) is 6.13. The van der Waals surface area contributed by atoms with E-state index in [1.807, 2.05) is 30.3 Å². The molecule has 174 valence electrons. The molecule has 0 aliphatic carbocycles. The van der Waals surface area contributed by atoms with Crippen LogP contribution in [0.1, 0.15) is 12.5 Å². The van der Waals surface area contributed by atoms with Crippen molar-refractivity contribution in [3.63, 3.8) is 0 Å². The molecule has 0 aliphatic heterocycles. The molecule has 10 nitrogen and oxygen atoms in total. The fraction of sp³-hybridized carbons (Fsp3) is 0.227. The second-order valence-corrected chi connectivity index (χ2v) is 9.44. The van der Waals surface area contributed by atoms with E-state index in [9.17, 15) is 22.8 Å². The van der Waals surface area contributed by atoms with Gasteiger partial charge in [0.1, 0.15) is 11.5 Å². The van der Waals surface area contributed by atoms with Gasteiger partial charge in [-0.1, -0.05) is 30.3 Å². The Kier molecular flexibility index (Phi) is 7.02. The number of nitrogens with two attached hydrogens (primary N) is 1. The third kappa shape index (κ3) is 5.69. The van der Waals surface area contributed by atoms with Crippen LogP contribution >= 0.6 is 0 Å². The Bertz CT molecular complexity index is 1360. The lowest BCUT2D eigenvalue weighted by Gasteiger charge is -2.24. The van der Waals surface area contributed by atoms with E-state index in [4.69, 9.17) is 5.73 Å². The highest BCUT2D eigenvalue weighted by Crippen LogP contribution is 2.18. The number of aromatic nitrogens is 2. The lowest BCUT2D eigenvalue weighted by Crippen LogP contribution is -2.41. The van der Waals surface area contributed by atoms with Gasteiger partial charge in [0.15, 0.2) is 9.84 Å². The van der Waals surface area contributed by atoms with Gasteiger partial charge in [-0.15, -0.1) is 0 Å². The van der Waals surface area contributed by atoms with Crippen molar-refractivity contribution < 1.29 is 13.2 Å². The molecule has 0 unspecified atom stereocenters. The number of hydrogen-bond acceptors (Lipinski definition) is 7. The fourth-order valence-corrected chi connectivity index (χ4v) is 3.94. The van der Waals surface area contributed by atoms with Crippen LogP contribution in [0.15, 0.2) is 69.1 Å². The lowest BCUT2D eigenvalue weighted by molar-refractivity contribution is -0.115. The number of H-pyrrole nitrogens is 1. The SMILES string of the molecule is CCN(CC(=O)Nc1ccc(S(C)(=O)=O)cc1)c1c(N)n(Cc2ccccc2)c(=O)[nH]c1=O. The molecule has 0 bridgehead atoms. The number of rotatable bonds is 8. The number of nitrogens with zero attached hydrogens (tertiary/aromatic N) is 2. The molecule has 0 fully saturated rings. The van der Waals surface area contributed by atoms with Gasteiger partial charge in [-0.3, -0.25) is 19.1 Å². The van der Waals surface area contributed by atoms with Crippen molar-refractivity contribution in [1.82, 2.24) is 9.55 Å². The summed E-state index contributed by atoms with van der Waals surface area (Å²) >= 11 is 0. The molecule has 0 aliphatic rings. The van der Waals surface area contributed by atoms with E-state index in [2.05, 4.69) is 10.3 Å². The maximum Gasteiger partial charge on any atom is 0.330 e. The van der Waals surface area contributed by atoms with Crippen LogP contribution in [0.3, 0.4) is 0 Å². The molecule has 3 rings (SSSR count). The molecule has 0 saturated carbocycles. The third-order valence-corrected chi connectivity index (χ3v) is 6.12. The van der Waals surface area contributed by atoms with Crippen LogP contribution in [0.25, 0.3) is 0 Å². The van der Waals surface area contributed by atoms with Crippen molar-refractivity contribution in [1.29, 1.82) is 0 Å². The molecule has 1 aromatic heterocycles. The molecule has 11 heteroatoms. The van der Waals surface area contributed by atoms with Crippen LogP contribution in [-0.2, 0) is 21.2 Å². The van der Waals surface area contributed by atoms with Gasteiger partial charge >= 0.3 is 5.69 Å². The van der Waals surface area contributed by atoms with E-state index >= 15 is 0 Å². The number of carbonyl (C=O) groups is 1. The molecule has 3 aromatic rings. The minimum Gasteiger partial charge on any atom is -0.383 e. The van der Waals surface area contributed by atoms with Crippen LogP contribution < -0.4 is 27.2 Å². The van der Waals surface area contributed by atoms with Gasteiger partial charge < -0.3 is 16.0 Å². The summed E-state index contributed by atoms with van der Waals surface area (Å²) in [5.74, 6) is -0.483. The highest BCUT2D eigenvalue weighted by Gasteiger charge is 2.20. The Hall–Kier alpha value is -3.86. The average Bonchev–Trinajstić information content (AvgIpc) is 2.76. The van der Waals surface area contributed by atoms with Crippen LogP contribution in [-0.4, -0.2) is 43.2 Å². The maximum atomic E-state index is 12.6. The monoisotopic (exact) mass is 471 g/mol. The average molecular weight is 472 g/mol. The van der Waals surface area contributed by atoms with Crippen LogP contribution in [0.2, 0.25) is 0 Å². The minimum absolute atomic E-state index is 0.0237. The zero-order valence-corrected chi connectivity index (χ0v) is 19.1. The van der Waals surface area contributed by atoms with E-state index in [-0.39, 0.29) is 36.0 Å². The van der Waals surface area contributed by atoms with Gasteiger partial charge in [0.05, 0.1) is 18.0 Å². The summed E-state index contributed by atoms with van der Waals surface area (Å²) in [6.45, 7) is 1.98.